The average Bonchev–Trinajstić information content (AvgIpc) is 3.34. The smallest absolute Gasteiger partial charge is 0.322 e. The molecule has 7 heteroatoms. The zero-order valence-electron chi connectivity index (χ0n) is 15.9. The van der Waals surface area contributed by atoms with Crippen molar-refractivity contribution >= 4 is 17.6 Å². The van der Waals surface area contributed by atoms with Crippen molar-refractivity contribution in [3.8, 4) is 0 Å². The summed E-state index contributed by atoms with van der Waals surface area (Å²) in [5.41, 5.74) is 2.49. The highest BCUT2D eigenvalue weighted by Crippen LogP contribution is 2.24. The van der Waals surface area contributed by atoms with E-state index in [0.29, 0.717) is 24.8 Å². The molecule has 0 unspecified atom stereocenters. The summed E-state index contributed by atoms with van der Waals surface area (Å²) in [4.78, 5) is 31.0. The van der Waals surface area contributed by atoms with Crippen LogP contribution in [0.5, 0.6) is 0 Å². The predicted octanol–water partition coefficient (Wildman–Crippen LogP) is 1.46. The van der Waals surface area contributed by atoms with Gasteiger partial charge in [-0.2, -0.15) is 0 Å². The van der Waals surface area contributed by atoms with E-state index in [1.54, 1.807) is 4.90 Å². The number of anilines is 1. The summed E-state index contributed by atoms with van der Waals surface area (Å²) < 4.78 is 5.72. The van der Waals surface area contributed by atoms with E-state index in [4.69, 9.17) is 4.74 Å². The van der Waals surface area contributed by atoms with Crippen molar-refractivity contribution in [2.45, 2.75) is 25.9 Å². The molecule has 0 aromatic heterocycles. The minimum atomic E-state index is -0.0922. The van der Waals surface area contributed by atoms with E-state index < -0.39 is 0 Å². The van der Waals surface area contributed by atoms with Crippen molar-refractivity contribution in [1.82, 2.24) is 15.1 Å². The molecule has 0 aliphatic carbocycles. The van der Waals surface area contributed by atoms with Gasteiger partial charge in [-0.25, -0.2) is 4.79 Å². The number of rotatable bonds is 4. The van der Waals surface area contributed by atoms with E-state index in [1.807, 2.05) is 30.0 Å². The van der Waals surface area contributed by atoms with Gasteiger partial charge in [-0.15, -0.1) is 0 Å². The maximum Gasteiger partial charge on any atom is 0.322 e. The molecule has 3 aliphatic rings. The van der Waals surface area contributed by atoms with Crippen molar-refractivity contribution in [1.29, 1.82) is 0 Å². The molecule has 0 radical (unpaired) electrons. The lowest BCUT2D eigenvalue weighted by Crippen LogP contribution is -2.50. The van der Waals surface area contributed by atoms with Crippen LogP contribution in [0.1, 0.15) is 28.8 Å². The number of nitrogens with zero attached hydrogens (tertiary/aromatic N) is 3. The van der Waals surface area contributed by atoms with E-state index in [2.05, 4.69) is 10.2 Å². The topological polar surface area (TPSA) is 65.1 Å². The second-order valence-corrected chi connectivity index (χ2v) is 7.61. The lowest BCUT2D eigenvalue weighted by molar-refractivity contribution is 0.0432. The molecule has 7 nitrogen and oxygen atoms in total. The van der Waals surface area contributed by atoms with Gasteiger partial charge in [0.15, 0.2) is 0 Å². The fraction of sp³-hybridized carbons (Fsp3) is 0.600. The number of hydrogen-bond acceptors (Lipinski definition) is 4. The Labute approximate surface area is 160 Å². The van der Waals surface area contributed by atoms with Crippen molar-refractivity contribution < 1.29 is 14.3 Å². The van der Waals surface area contributed by atoms with Crippen LogP contribution in [-0.4, -0.2) is 80.3 Å². The zero-order valence-corrected chi connectivity index (χ0v) is 15.9. The molecule has 1 atom stereocenters. The molecular weight excluding hydrogens is 344 g/mol. The van der Waals surface area contributed by atoms with Gasteiger partial charge in [0.2, 0.25) is 0 Å². The molecule has 4 rings (SSSR count). The quantitative estimate of drug-likeness (QED) is 0.869. The molecule has 3 fully saturated rings. The minimum Gasteiger partial charge on any atom is -0.377 e. The van der Waals surface area contributed by atoms with Crippen molar-refractivity contribution in [2.24, 2.45) is 0 Å². The highest BCUT2D eigenvalue weighted by atomic mass is 16.5. The first-order valence-electron chi connectivity index (χ1n) is 9.91. The number of benzene rings is 1. The molecule has 3 amide bonds. The molecule has 1 aromatic carbocycles. The SMILES string of the molecule is Cc1ccc(C(=O)N2CCN(C[C@H]3CCCO3)CC2)cc1N1CCNC1=O. The van der Waals surface area contributed by atoms with Crippen LogP contribution in [0.4, 0.5) is 10.5 Å². The van der Waals surface area contributed by atoms with E-state index in [1.165, 1.54) is 0 Å². The number of carbonyl (C=O) groups excluding carboxylic acids is 2. The van der Waals surface area contributed by atoms with Gasteiger partial charge in [0.25, 0.3) is 5.91 Å². The summed E-state index contributed by atoms with van der Waals surface area (Å²) in [6.45, 7) is 8.35. The van der Waals surface area contributed by atoms with Crippen LogP contribution in [0.2, 0.25) is 0 Å². The normalized spacial score (nSPS) is 23.7. The number of nitrogens with one attached hydrogen (secondary N) is 1. The first kappa shape index (κ1) is 18.3. The molecule has 1 aromatic rings. The monoisotopic (exact) mass is 372 g/mol. The standard InChI is InChI=1S/C20H28N4O3/c1-15-4-5-16(13-18(15)24-7-6-21-20(24)26)19(25)23-10-8-22(9-11-23)14-17-3-2-12-27-17/h4-5,13,17H,2-3,6-12,14H2,1H3,(H,21,26)/t17-/m1/s1. The third-order valence-electron chi connectivity index (χ3n) is 5.75. The number of carbonyl (C=O) groups is 2. The van der Waals surface area contributed by atoms with Crippen molar-refractivity contribution in [3.05, 3.63) is 29.3 Å². The fourth-order valence-corrected chi connectivity index (χ4v) is 4.13. The van der Waals surface area contributed by atoms with Gasteiger partial charge in [0.1, 0.15) is 0 Å². The van der Waals surface area contributed by atoms with Gasteiger partial charge in [-0.1, -0.05) is 6.07 Å². The first-order chi connectivity index (χ1) is 13.1. The molecule has 1 N–H and O–H groups in total. The van der Waals surface area contributed by atoms with Crippen LogP contribution in [0, 0.1) is 6.92 Å². The lowest BCUT2D eigenvalue weighted by Gasteiger charge is -2.35. The molecule has 27 heavy (non-hydrogen) atoms. The Morgan fingerprint density at radius 2 is 2.04 bits per heavy atom. The Kier molecular flexibility index (Phi) is 5.31. The summed E-state index contributed by atoms with van der Waals surface area (Å²) in [5.74, 6) is 0.0487. The summed E-state index contributed by atoms with van der Waals surface area (Å²) in [6, 6.07) is 5.57. The highest BCUT2D eigenvalue weighted by Gasteiger charge is 2.27. The number of aryl methyl sites for hydroxylation is 1. The zero-order chi connectivity index (χ0) is 18.8. The second-order valence-electron chi connectivity index (χ2n) is 7.61. The summed E-state index contributed by atoms with van der Waals surface area (Å²) >= 11 is 0. The molecule has 3 aliphatic heterocycles. The third kappa shape index (κ3) is 3.94. The third-order valence-corrected chi connectivity index (χ3v) is 5.75. The Morgan fingerprint density at radius 1 is 1.22 bits per heavy atom. The van der Waals surface area contributed by atoms with Crippen LogP contribution >= 0.6 is 0 Å². The van der Waals surface area contributed by atoms with E-state index >= 15 is 0 Å². The summed E-state index contributed by atoms with van der Waals surface area (Å²) in [6.07, 6.45) is 2.67. The van der Waals surface area contributed by atoms with Gasteiger partial charge < -0.3 is 15.0 Å². The largest absolute Gasteiger partial charge is 0.377 e. The number of amides is 3. The highest BCUT2D eigenvalue weighted by molar-refractivity contribution is 5.99. The van der Waals surface area contributed by atoms with Crippen LogP contribution in [-0.2, 0) is 4.74 Å². The van der Waals surface area contributed by atoms with Gasteiger partial charge >= 0.3 is 6.03 Å². The Hall–Kier alpha value is -2.12. The van der Waals surface area contributed by atoms with Crippen LogP contribution < -0.4 is 10.2 Å². The number of urea groups is 1. The number of hydrogen-bond donors (Lipinski definition) is 1. The van der Waals surface area contributed by atoms with E-state index in [0.717, 1.165) is 63.4 Å². The lowest BCUT2D eigenvalue weighted by atomic mass is 10.1. The maximum atomic E-state index is 13.0. The fourth-order valence-electron chi connectivity index (χ4n) is 4.13. The summed E-state index contributed by atoms with van der Waals surface area (Å²) in [5, 5.41) is 2.82. The van der Waals surface area contributed by atoms with Crippen molar-refractivity contribution in [3.63, 3.8) is 0 Å². The molecule has 0 spiro atoms. The summed E-state index contributed by atoms with van der Waals surface area (Å²) in [7, 11) is 0. The Balaban J connectivity index is 1.39. The van der Waals surface area contributed by atoms with Gasteiger partial charge in [0, 0.05) is 63.7 Å². The first-order valence-corrected chi connectivity index (χ1v) is 9.91. The molecular formula is C20H28N4O3. The average molecular weight is 372 g/mol. The molecule has 0 bridgehead atoms. The van der Waals surface area contributed by atoms with Gasteiger partial charge in [-0.05, 0) is 37.5 Å². The maximum absolute atomic E-state index is 13.0. The minimum absolute atomic E-state index is 0.0487. The van der Waals surface area contributed by atoms with Gasteiger partial charge in [0.05, 0.1) is 6.10 Å². The van der Waals surface area contributed by atoms with Crippen LogP contribution in [0.3, 0.4) is 0 Å². The number of ether oxygens (including phenoxy) is 1. The predicted molar refractivity (Wildman–Crippen MR) is 103 cm³/mol. The van der Waals surface area contributed by atoms with Gasteiger partial charge in [-0.3, -0.25) is 14.6 Å². The van der Waals surface area contributed by atoms with E-state index in [9.17, 15) is 9.59 Å². The molecule has 3 heterocycles. The Bertz CT molecular complexity index is 709. The Morgan fingerprint density at radius 3 is 2.70 bits per heavy atom. The van der Waals surface area contributed by atoms with E-state index in [-0.39, 0.29) is 11.9 Å². The molecule has 146 valence electrons. The molecule has 3 saturated heterocycles. The van der Waals surface area contributed by atoms with Crippen LogP contribution in [0.25, 0.3) is 0 Å². The second kappa shape index (κ2) is 7.86. The number of piperazine rings is 1. The molecule has 0 saturated carbocycles. The van der Waals surface area contributed by atoms with Crippen LogP contribution in [0.15, 0.2) is 18.2 Å². The van der Waals surface area contributed by atoms with Crippen molar-refractivity contribution in [2.75, 3.05) is 57.3 Å².